The maximum Gasteiger partial charge on any atom is 0.220 e. The zero-order chi connectivity index (χ0) is 15.4. The van der Waals surface area contributed by atoms with Gasteiger partial charge in [0.05, 0.1) is 0 Å². The minimum absolute atomic E-state index is 0.00662. The molecular weight excluding hydrogens is 256 g/mol. The molecule has 0 aromatic carbocycles. The Hall–Kier alpha value is -1.10. The summed E-state index contributed by atoms with van der Waals surface area (Å²) in [6.07, 6.45) is 4.92. The highest BCUT2D eigenvalue weighted by molar-refractivity contribution is 5.75. The van der Waals surface area contributed by atoms with E-state index in [9.17, 15) is 9.59 Å². The summed E-state index contributed by atoms with van der Waals surface area (Å²) >= 11 is 0. The highest BCUT2D eigenvalue weighted by atomic mass is 16.3. The zero-order valence-electron chi connectivity index (χ0n) is 13.1. The molecule has 20 heavy (non-hydrogen) atoms. The van der Waals surface area contributed by atoms with Crippen molar-refractivity contribution >= 4 is 11.8 Å². The van der Waals surface area contributed by atoms with Gasteiger partial charge in [-0.1, -0.05) is 20.3 Å². The van der Waals surface area contributed by atoms with E-state index in [4.69, 9.17) is 5.11 Å². The van der Waals surface area contributed by atoms with Gasteiger partial charge in [0, 0.05) is 33.0 Å². The fourth-order valence-electron chi connectivity index (χ4n) is 1.92. The third-order valence-corrected chi connectivity index (χ3v) is 3.23. The molecule has 0 fully saturated rings. The third-order valence-electron chi connectivity index (χ3n) is 3.23. The minimum atomic E-state index is -0.00662. The topological polar surface area (TPSA) is 78.4 Å². The molecule has 2 amide bonds. The first kappa shape index (κ1) is 18.9. The van der Waals surface area contributed by atoms with Gasteiger partial charge in [0.25, 0.3) is 0 Å². The predicted octanol–water partition coefficient (Wildman–Crippen LogP) is 1.60. The molecule has 0 saturated carbocycles. The Labute approximate surface area is 122 Å². The zero-order valence-corrected chi connectivity index (χ0v) is 13.1. The first-order chi connectivity index (χ1) is 9.37. The van der Waals surface area contributed by atoms with E-state index in [2.05, 4.69) is 24.5 Å². The number of hydrogen-bond acceptors (Lipinski definition) is 3. The summed E-state index contributed by atoms with van der Waals surface area (Å²) < 4.78 is 0. The van der Waals surface area contributed by atoms with Gasteiger partial charge in [-0.25, -0.2) is 0 Å². The van der Waals surface area contributed by atoms with Gasteiger partial charge in [0.2, 0.25) is 11.8 Å². The van der Waals surface area contributed by atoms with Crippen LogP contribution in [0.5, 0.6) is 0 Å². The normalized spacial score (nSPS) is 11.2. The van der Waals surface area contributed by atoms with Crippen molar-refractivity contribution in [2.24, 2.45) is 5.41 Å². The van der Waals surface area contributed by atoms with Crippen LogP contribution in [0, 0.1) is 5.41 Å². The quantitative estimate of drug-likeness (QED) is 0.505. The average Bonchev–Trinajstić information content (AvgIpc) is 2.38. The van der Waals surface area contributed by atoms with Gasteiger partial charge in [-0.15, -0.1) is 0 Å². The van der Waals surface area contributed by atoms with Crippen LogP contribution in [0.3, 0.4) is 0 Å². The second-order valence-electron chi connectivity index (χ2n) is 6.06. The van der Waals surface area contributed by atoms with Gasteiger partial charge < -0.3 is 15.7 Å². The highest BCUT2D eigenvalue weighted by Gasteiger charge is 2.17. The lowest BCUT2D eigenvalue weighted by atomic mass is 9.88. The lowest BCUT2D eigenvalue weighted by molar-refractivity contribution is -0.122. The Morgan fingerprint density at radius 1 is 1.05 bits per heavy atom. The number of rotatable bonds is 11. The molecule has 118 valence electrons. The SMILES string of the molecule is CC(=O)NCCCCCC(=O)NCC(C)(C)CCCO. The Bertz CT molecular complexity index is 291. The van der Waals surface area contributed by atoms with Gasteiger partial charge in [-0.2, -0.15) is 0 Å². The molecule has 3 N–H and O–H groups in total. The van der Waals surface area contributed by atoms with E-state index in [1.54, 1.807) is 0 Å². The number of carbonyl (C=O) groups is 2. The van der Waals surface area contributed by atoms with Gasteiger partial charge >= 0.3 is 0 Å². The fraction of sp³-hybridized carbons (Fsp3) is 0.867. The summed E-state index contributed by atoms with van der Waals surface area (Å²) in [6.45, 7) is 7.23. The molecule has 5 heteroatoms. The van der Waals surface area contributed by atoms with Crippen LogP contribution in [0.2, 0.25) is 0 Å². The molecule has 0 aliphatic rings. The van der Waals surface area contributed by atoms with Crippen LogP contribution in [0.4, 0.5) is 0 Å². The predicted molar refractivity (Wildman–Crippen MR) is 80.3 cm³/mol. The van der Waals surface area contributed by atoms with Crippen molar-refractivity contribution in [3.63, 3.8) is 0 Å². The molecule has 0 rings (SSSR count). The van der Waals surface area contributed by atoms with Crippen molar-refractivity contribution in [3.8, 4) is 0 Å². The minimum Gasteiger partial charge on any atom is -0.396 e. The van der Waals surface area contributed by atoms with Gasteiger partial charge in [0.1, 0.15) is 0 Å². The van der Waals surface area contributed by atoms with Crippen molar-refractivity contribution in [1.82, 2.24) is 10.6 Å². The number of nitrogens with one attached hydrogen (secondary N) is 2. The second-order valence-corrected chi connectivity index (χ2v) is 6.06. The molecule has 0 heterocycles. The van der Waals surface area contributed by atoms with Crippen LogP contribution < -0.4 is 10.6 Å². The van der Waals surface area contributed by atoms with Gasteiger partial charge in [-0.05, 0) is 31.1 Å². The maximum absolute atomic E-state index is 11.7. The first-order valence-electron chi connectivity index (χ1n) is 7.49. The Morgan fingerprint density at radius 3 is 2.35 bits per heavy atom. The molecule has 0 spiro atoms. The summed E-state index contributed by atoms with van der Waals surface area (Å²) in [5.41, 5.74) is 0.0315. The number of aliphatic hydroxyl groups is 1. The molecule has 0 atom stereocenters. The summed E-state index contributed by atoms with van der Waals surface area (Å²) in [7, 11) is 0. The van der Waals surface area contributed by atoms with E-state index in [1.165, 1.54) is 6.92 Å². The number of amides is 2. The third kappa shape index (κ3) is 12.0. The van der Waals surface area contributed by atoms with Crippen molar-refractivity contribution in [2.45, 2.75) is 59.3 Å². The lowest BCUT2D eigenvalue weighted by Crippen LogP contribution is -2.34. The van der Waals surface area contributed by atoms with Gasteiger partial charge in [0.15, 0.2) is 0 Å². The van der Waals surface area contributed by atoms with Crippen molar-refractivity contribution in [1.29, 1.82) is 0 Å². The number of carbonyl (C=O) groups excluding carboxylic acids is 2. The van der Waals surface area contributed by atoms with Crippen LogP contribution >= 0.6 is 0 Å². The van der Waals surface area contributed by atoms with Crippen LogP contribution in [-0.4, -0.2) is 36.6 Å². The Kier molecular flexibility index (Phi) is 10.1. The lowest BCUT2D eigenvalue weighted by Gasteiger charge is -2.24. The standard InChI is InChI=1S/C15H30N2O3/c1-13(19)16-10-6-4-5-8-14(20)17-12-15(2,3)9-7-11-18/h18H,4-12H2,1-3H3,(H,16,19)(H,17,20). The molecule has 0 aromatic heterocycles. The summed E-state index contributed by atoms with van der Waals surface area (Å²) in [5.74, 6) is 0.0782. The molecule has 0 saturated heterocycles. The number of unbranched alkanes of at least 4 members (excludes halogenated alkanes) is 2. The van der Waals surface area contributed by atoms with Crippen molar-refractivity contribution in [2.75, 3.05) is 19.7 Å². The smallest absolute Gasteiger partial charge is 0.220 e. The molecule has 0 aromatic rings. The summed E-state index contributed by atoms with van der Waals surface area (Å²) in [4.78, 5) is 22.3. The van der Waals surface area contributed by atoms with Crippen LogP contribution in [0.15, 0.2) is 0 Å². The van der Waals surface area contributed by atoms with E-state index in [1.807, 2.05) is 0 Å². The van der Waals surface area contributed by atoms with Crippen LogP contribution in [-0.2, 0) is 9.59 Å². The number of hydrogen-bond donors (Lipinski definition) is 3. The average molecular weight is 286 g/mol. The molecule has 0 aliphatic heterocycles. The van der Waals surface area contributed by atoms with Crippen LogP contribution in [0.25, 0.3) is 0 Å². The van der Waals surface area contributed by atoms with Crippen LogP contribution in [0.1, 0.15) is 59.3 Å². The largest absolute Gasteiger partial charge is 0.396 e. The Balaban J connectivity index is 3.56. The van der Waals surface area contributed by atoms with E-state index in [0.29, 0.717) is 19.5 Å². The second kappa shape index (κ2) is 10.7. The van der Waals surface area contributed by atoms with Crippen molar-refractivity contribution < 1.29 is 14.7 Å². The monoisotopic (exact) mass is 286 g/mol. The summed E-state index contributed by atoms with van der Waals surface area (Å²) in [6, 6.07) is 0. The molecule has 0 bridgehead atoms. The Morgan fingerprint density at radius 2 is 1.75 bits per heavy atom. The van der Waals surface area contributed by atoms with E-state index >= 15 is 0 Å². The van der Waals surface area contributed by atoms with Gasteiger partial charge in [-0.3, -0.25) is 9.59 Å². The molecular formula is C15H30N2O3. The first-order valence-corrected chi connectivity index (χ1v) is 7.49. The van der Waals surface area contributed by atoms with Crippen molar-refractivity contribution in [3.05, 3.63) is 0 Å². The summed E-state index contributed by atoms with van der Waals surface area (Å²) in [5, 5.41) is 14.5. The maximum atomic E-state index is 11.7. The van der Waals surface area contributed by atoms with E-state index in [0.717, 1.165) is 32.1 Å². The van der Waals surface area contributed by atoms with E-state index < -0.39 is 0 Å². The molecule has 0 radical (unpaired) electrons. The number of aliphatic hydroxyl groups excluding tert-OH is 1. The molecule has 0 aliphatic carbocycles. The molecule has 0 unspecified atom stereocenters. The van der Waals surface area contributed by atoms with E-state index in [-0.39, 0.29) is 23.8 Å². The highest BCUT2D eigenvalue weighted by Crippen LogP contribution is 2.20. The fourth-order valence-corrected chi connectivity index (χ4v) is 1.92. The molecule has 5 nitrogen and oxygen atoms in total.